The van der Waals surface area contributed by atoms with Crippen LogP contribution in [0, 0.1) is 0 Å². The number of aryl methyl sites for hydroxylation is 1. The average molecular weight is 451 g/mol. The Kier molecular flexibility index (Phi) is 7.24. The van der Waals surface area contributed by atoms with Crippen LogP contribution in [0.3, 0.4) is 0 Å². The molecule has 0 bridgehead atoms. The van der Waals surface area contributed by atoms with Crippen LogP contribution in [0.1, 0.15) is 11.9 Å². The standard InChI is InChI=1S/C18H19ClN6O2S2/c1-4-8-25-16(12-9-11(19)6-7-13(12)27-3)22-24-18(25)28-10-14(26)20-17-23-21-15(5-2)29-17/h4,6-7,9H,1,5,8,10H2,2-3H3,(H,20,23,26). The van der Waals surface area contributed by atoms with E-state index in [1.165, 1.54) is 23.1 Å². The largest absolute Gasteiger partial charge is 0.496 e. The molecule has 0 radical (unpaired) electrons. The molecule has 11 heteroatoms. The number of nitrogens with one attached hydrogen (secondary N) is 1. The van der Waals surface area contributed by atoms with Crippen LogP contribution in [0.5, 0.6) is 5.75 Å². The van der Waals surface area contributed by atoms with Crippen molar-refractivity contribution in [3.63, 3.8) is 0 Å². The van der Waals surface area contributed by atoms with Crippen LogP contribution in [0.15, 0.2) is 36.0 Å². The number of hydrogen-bond donors (Lipinski definition) is 1. The first-order valence-corrected chi connectivity index (χ1v) is 10.9. The van der Waals surface area contributed by atoms with E-state index in [0.29, 0.717) is 39.0 Å². The van der Waals surface area contributed by atoms with Crippen LogP contribution in [0.25, 0.3) is 11.4 Å². The minimum atomic E-state index is -0.191. The Bertz CT molecular complexity index is 1020. The summed E-state index contributed by atoms with van der Waals surface area (Å²) in [5.41, 5.74) is 0.714. The number of ether oxygens (including phenoxy) is 1. The number of methoxy groups -OCH3 is 1. The number of rotatable bonds is 9. The number of carbonyl (C=O) groups excluding carboxylic acids is 1. The van der Waals surface area contributed by atoms with E-state index in [9.17, 15) is 4.79 Å². The van der Waals surface area contributed by atoms with Gasteiger partial charge in [0.2, 0.25) is 11.0 Å². The highest BCUT2D eigenvalue weighted by atomic mass is 35.5. The van der Waals surface area contributed by atoms with E-state index < -0.39 is 0 Å². The molecule has 2 heterocycles. The third kappa shape index (κ3) is 5.14. The summed E-state index contributed by atoms with van der Waals surface area (Å²) in [6, 6.07) is 5.29. The molecule has 0 aliphatic carbocycles. The average Bonchev–Trinajstić information content (AvgIpc) is 3.33. The first-order chi connectivity index (χ1) is 14.0. The van der Waals surface area contributed by atoms with Crippen molar-refractivity contribution in [3.8, 4) is 17.1 Å². The lowest BCUT2D eigenvalue weighted by Crippen LogP contribution is -2.14. The maximum Gasteiger partial charge on any atom is 0.236 e. The van der Waals surface area contributed by atoms with Crippen molar-refractivity contribution in [3.05, 3.63) is 40.9 Å². The van der Waals surface area contributed by atoms with Crippen molar-refractivity contribution < 1.29 is 9.53 Å². The van der Waals surface area contributed by atoms with Gasteiger partial charge in [-0.3, -0.25) is 14.7 Å². The summed E-state index contributed by atoms with van der Waals surface area (Å²) in [6.45, 7) is 6.25. The summed E-state index contributed by atoms with van der Waals surface area (Å²) in [5, 5.41) is 21.7. The third-order valence-corrected chi connectivity index (χ3v) is 5.96. The Morgan fingerprint density at radius 2 is 2.21 bits per heavy atom. The van der Waals surface area contributed by atoms with Crippen molar-refractivity contribution in [2.24, 2.45) is 0 Å². The Balaban J connectivity index is 1.77. The van der Waals surface area contributed by atoms with Gasteiger partial charge in [0.15, 0.2) is 11.0 Å². The summed E-state index contributed by atoms with van der Waals surface area (Å²) in [6.07, 6.45) is 2.52. The summed E-state index contributed by atoms with van der Waals surface area (Å²) in [7, 11) is 1.58. The molecule has 0 spiro atoms. The normalized spacial score (nSPS) is 10.7. The van der Waals surface area contributed by atoms with Crippen LogP contribution in [0.4, 0.5) is 5.13 Å². The maximum absolute atomic E-state index is 12.3. The van der Waals surface area contributed by atoms with Gasteiger partial charge in [-0.1, -0.05) is 47.7 Å². The van der Waals surface area contributed by atoms with E-state index in [4.69, 9.17) is 16.3 Å². The smallest absolute Gasteiger partial charge is 0.236 e. The van der Waals surface area contributed by atoms with E-state index >= 15 is 0 Å². The number of allylic oxidation sites excluding steroid dienone is 1. The van der Waals surface area contributed by atoms with Crippen LogP contribution >= 0.6 is 34.7 Å². The molecule has 0 saturated heterocycles. The zero-order valence-electron chi connectivity index (χ0n) is 15.9. The molecule has 29 heavy (non-hydrogen) atoms. The summed E-state index contributed by atoms with van der Waals surface area (Å²) in [5.74, 6) is 1.18. The topological polar surface area (TPSA) is 94.8 Å². The molecule has 1 amide bonds. The molecule has 0 saturated carbocycles. The molecule has 0 aliphatic heterocycles. The van der Waals surface area contributed by atoms with Gasteiger partial charge in [0.1, 0.15) is 10.8 Å². The number of hydrogen-bond acceptors (Lipinski definition) is 8. The number of benzene rings is 1. The Morgan fingerprint density at radius 1 is 1.38 bits per heavy atom. The van der Waals surface area contributed by atoms with E-state index in [-0.39, 0.29) is 11.7 Å². The van der Waals surface area contributed by atoms with Gasteiger partial charge in [0, 0.05) is 11.6 Å². The lowest BCUT2D eigenvalue weighted by atomic mass is 10.2. The quantitative estimate of drug-likeness (QED) is 0.389. The Hall–Kier alpha value is -2.43. The zero-order chi connectivity index (χ0) is 20.8. The first-order valence-electron chi connectivity index (χ1n) is 8.68. The molecule has 8 nitrogen and oxygen atoms in total. The number of halogens is 1. The maximum atomic E-state index is 12.3. The van der Waals surface area contributed by atoms with Crippen LogP contribution in [0.2, 0.25) is 5.02 Å². The minimum absolute atomic E-state index is 0.156. The SMILES string of the molecule is C=CCn1c(SCC(=O)Nc2nnc(CC)s2)nnc1-c1cc(Cl)ccc1OC. The van der Waals surface area contributed by atoms with Crippen LogP contribution in [-0.4, -0.2) is 43.7 Å². The molecule has 0 unspecified atom stereocenters. The van der Waals surface area contributed by atoms with E-state index in [1.54, 1.807) is 31.4 Å². The molecule has 0 fully saturated rings. The van der Waals surface area contributed by atoms with Crippen LogP contribution in [-0.2, 0) is 17.8 Å². The number of aromatic nitrogens is 5. The molecule has 1 N–H and O–H groups in total. The molecule has 3 rings (SSSR count). The number of thioether (sulfide) groups is 1. The highest BCUT2D eigenvalue weighted by Crippen LogP contribution is 2.33. The number of nitrogens with zero attached hydrogens (tertiary/aromatic N) is 5. The van der Waals surface area contributed by atoms with Gasteiger partial charge < -0.3 is 4.74 Å². The predicted molar refractivity (Wildman–Crippen MR) is 116 cm³/mol. The van der Waals surface area contributed by atoms with Crippen molar-refractivity contribution >= 4 is 45.7 Å². The summed E-state index contributed by atoms with van der Waals surface area (Å²) < 4.78 is 7.29. The minimum Gasteiger partial charge on any atom is -0.496 e. The fraction of sp³-hybridized carbons (Fsp3) is 0.278. The molecule has 1 aromatic carbocycles. The van der Waals surface area contributed by atoms with Gasteiger partial charge >= 0.3 is 0 Å². The molecule has 2 aromatic heterocycles. The van der Waals surface area contributed by atoms with Gasteiger partial charge in [-0.25, -0.2) is 0 Å². The molecular formula is C18H19ClN6O2S2. The van der Waals surface area contributed by atoms with E-state index in [1.807, 2.05) is 11.5 Å². The lowest BCUT2D eigenvalue weighted by Gasteiger charge is -2.11. The molecule has 152 valence electrons. The second kappa shape index (κ2) is 9.86. The fourth-order valence-corrected chi connectivity index (χ4v) is 4.09. The first kappa shape index (κ1) is 21.3. The fourth-order valence-electron chi connectivity index (χ4n) is 2.48. The molecule has 3 aromatic rings. The monoisotopic (exact) mass is 450 g/mol. The Morgan fingerprint density at radius 3 is 2.90 bits per heavy atom. The van der Waals surface area contributed by atoms with Crippen molar-refractivity contribution in [2.45, 2.75) is 25.0 Å². The lowest BCUT2D eigenvalue weighted by molar-refractivity contribution is -0.113. The van der Waals surface area contributed by atoms with Gasteiger partial charge in [0.05, 0.1) is 18.4 Å². The Labute approximate surface area is 181 Å². The summed E-state index contributed by atoms with van der Waals surface area (Å²) in [4.78, 5) is 12.3. The zero-order valence-corrected chi connectivity index (χ0v) is 18.3. The van der Waals surface area contributed by atoms with Crippen molar-refractivity contribution in [1.29, 1.82) is 0 Å². The van der Waals surface area contributed by atoms with Crippen molar-refractivity contribution in [2.75, 3.05) is 18.2 Å². The second-order valence-electron chi connectivity index (χ2n) is 5.74. The summed E-state index contributed by atoms with van der Waals surface area (Å²) >= 11 is 8.79. The second-order valence-corrected chi connectivity index (χ2v) is 8.18. The van der Waals surface area contributed by atoms with E-state index in [0.717, 1.165) is 11.4 Å². The van der Waals surface area contributed by atoms with Gasteiger partial charge in [-0.15, -0.1) is 27.0 Å². The molecule has 0 atom stereocenters. The van der Waals surface area contributed by atoms with Crippen LogP contribution < -0.4 is 10.1 Å². The van der Waals surface area contributed by atoms with Gasteiger partial charge in [-0.05, 0) is 24.6 Å². The van der Waals surface area contributed by atoms with Gasteiger partial charge in [0.25, 0.3) is 0 Å². The number of amides is 1. The third-order valence-electron chi connectivity index (χ3n) is 3.78. The molecular weight excluding hydrogens is 432 g/mol. The highest BCUT2D eigenvalue weighted by molar-refractivity contribution is 7.99. The van der Waals surface area contributed by atoms with Crippen molar-refractivity contribution in [1.82, 2.24) is 25.0 Å². The predicted octanol–water partition coefficient (Wildman–Crippen LogP) is 3.94. The number of carbonyl (C=O) groups is 1. The van der Waals surface area contributed by atoms with E-state index in [2.05, 4.69) is 32.3 Å². The highest BCUT2D eigenvalue weighted by Gasteiger charge is 2.18. The number of anilines is 1. The molecule has 0 aliphatic rings. The van der Waals surface area contributed by atoms with Gasteiger partial charge in [-0.2, -0.15) is 0 Å².